The molecule has 1 aromatic carbocycles. The van der Waals surface area contributed by atoms with E-state index in [9.17, 15) is 10.1 Å². The van der Waals surface area contributed by atoms with Crippen LogP contribution in [-0.2, 0) is 6.54 Å². The molecule has 21 heavy (non-hydrogen) atoms. The molecular weight excluding hydrogens is 292 g/mol. The number of rotatable bonds is 5. The Kier molecular flexibility index (Phi) is 4.59. The van der Waals surface area contributed by atoms with Crippen LogP contribution >= 0.6 is 11.6 Å². The number of aromatic nitrogens is 1. The number of benzene rings is 1. The van der Waals surface area contributed by atoms with E-state index in [4.69, 9.17) is 11.6 Å². The van der Waals surface area contributed by atoms with Crippen molar-refractivity contribution in [3.05, 3.63) is 57.2 Å². The molecule has 0 radical (unpaired) electrons. The van der Waals surface area contributed by atoms with Crippen molar-refractivity contribution in [3.8, 4) is 0 Å². The lowest BCUT2D eigenvalue weighted by molar-refractivity contribution is -0.384. The van der Waals surface area contributed by atoms with Gasteiger partial charge in [0.25, 0.3) is 5.69 Å². The molecule has 0 amide bonds. The van der Waals surface area contributed by atoms with Crippen LogP contribution in [0, 0.1) is 10.1 Å². The average Bonchev–Trinajstić information content (AvgIpc) is 2.46. The fourth-order valence-corrected chi connectivity index (χ4v) is 1.95. The minimum absolute atomic E-state index is 0.0253. The van der Waals surface area contributed by atoms with Gasteiger partial charge in [0.1, 0.15) is 5.82 Å². The molecule has 0 unspecified atom stereocenters. The van der Waals surface area contributed by atoms with E-state index < -0.39 is 4.92 Å². The van der Waals surface area contributed by atoms with E-state index in [1.54, 1.807) is 6.20 Å². The van der Waals surface area contributed by atoms with E-state index in [1.165, 1.54) is 18.2 Å². The highest BCUT2D eigenvalue weighted by Crippen LogP contribution is 2.23. The fraction of sp³-hybridized carbons (Fsp3) is 0.214. The Bertz CT molecular complexity index is 644. The number of hydrogen-bond acceptors (Lipinski definition) is 5. The number of hydrogen-bond donors (Lipinski definition) is 1. The van der Waals surface area contributed by atoms with Crippen LogP contribution in [0.15, 0.2) is 36.5 Å². The molecule has 1 heterocycles. The molecule has 6 nitrogen and oxygen atoms in total. The van der Waals surface area contributed by atoms with Crippen LogP contribution < -0.4 is 10.2 Å². The summed E-state index contributed by atoms with van der Waals surface area (Å²) in [6.45, 7) is 0.392. The molecule has 2 rings (SSSR count). The normalized spacial score (nSPS) is 10.2. The molecule has 1 aromatic heterocycles. The largest absolute Gasteiger partial charge is 0.380 e. The maximum absolute atomic E-state index is 10.8. The van der Waals surface area contributed by atoms with Crippen LogP contribution in [0.2, 0.25) is 5.02 Å². The van der Waals surface area contributed by atoms with Crippen molar-refractivity contribution in [2.75, 3.05) is 24.3 Å². The van der Waals surface area contributed by atoms with Gasteiger partial charge in [-0.05, 0) is 23.8 Å². The average molecular weight is 307 g/mol. The first kappa shape index (κ1) is 15.1. The lowest BCUT2D eigenvalue weighted by Gasteiger charge is -2.12. The van der Waals surface area contributed by atoms with Gasteiger partial charge in [0, 0.05) is 37.8 Å². The van der Waals surface area contributed by atoms with Crippen LogP contribution in [0.1, 0.15) is 5.56 Å². The molecule has 0 atom stereocenters. The maximum Gasteiger partial charge on any atom is 0.269 e. The van der Waals surface area contributed by atoms with Gasteiger partial charge < -0.3 is 10.2 Å². The van der Waals surface area contributed by atoms with Gasteiger partial charge in [0.15, 0.2) is 0 Å². The van der Waals surface area contributed by atoms with Crippen LogP contribution in [-0.4, -0.2) is 24.0 Å². The molecule has 0 aliphatic heterocycles. The third-order valence-electron chi connectivity index (χ3n) is 2.93. The quantitative estimate of drug-likeness (QED) is 0.677. The molecule has 110 valence electrons. The SMILES string of the molecule is CN(C)c1ccc(NCc2cc([N+](=O)[O-])ccc2Cl)cn1. The van der Waals surface area contributed by atoms with Crippen molar-refractivity contribution in [2.45, 2.75) is 6.54 Å². The van der Waals surface area contributed by atoms with Gasteiger partial charge >= 0.3 is 0 Å². The van der Waals surface area contributed by atoms with Crippen molar-refractivity contribution in [1.29, 1.82) is 0 Å². The monoisotopic (exact) mass is 306 g/mol. The summed E-state index contributed by atoms with van der Waals surface area (Å²) in [6, 6.07) is 8.17. The van der Waals surface area contributed by atoms with Crippen molar-refractivity contribution in [1.82, 2.24) is 4.98 Å². The molecule has 0 spiro atoms. The molecule has 0 bridgehead atoms. The maximum atomic E-state index is 10.8. The van der Waals surface area contributed by atoms with E-state index in [2.05, 4.69) is 10.3 Å². The molecule has 7 heteroatoms. The lowest BCUT2D eigenvalue weighted by atomic mass is 10.2. The number of pyridine rings is 1. The minimum atomic E-state index is -0.437. The Morgan fingerprint density at radius 1 is 1.33 bits per heavy atom. The molecule has 2 aromatic rings. The number of halogens is 1. The minimum Gasteiger partial charge on any atom is -0.380 e. The molecule has 0 aliphatic carbocycles. The smallest absolute Gasteiger partial charge is 0.269 e. The number of nitro benzene ring substituents is 1. The van der Waals surface area contributed by atoms with Crippen LogP contribution in [0.3, 0.4) is 0 Å². The fourth-order valence-electron chi connectivity index (χ4n) is 1.76. The second kappa shape index (κ2) is 6.41. The lowest BCUT2D eigenvalue weighted by Crippen LogP contribution is -2.10. The highest BCUT2D eigenvalue weighted by atomic mass is 35.5. The zero-order valence-electron chi connectivity index (χ0n) is 11.7. The van der Waals surface area contributed by atoms with Gasteiger partial charge in [0.05, 0.1) is 16.8 Å². The van der Waals surface area contributed by atoms with Crippen LogP contribution in [0.4, 0.5) is 17.2 Å². The highest BCUT2D eigenvalue weighted by molar-refractivity contribution is 6.31. The number of nitrogens with one attached hydrogen (secondary N) is 1. The summed E-state index contributed by atoms with van der Waals surface area (Å²) >= 11 is 6.05. The Hall–Kier alpha value is -2.34. The predicted molar refractivity (Wildman–Crippen MR) is 84.0 cm³/mol. The first-order valence-electron chi connectivity index (χ1n) is 6.27. The Morgan fingerprint density at radius 3 is 2.67 bits per heavy atom. The van der Waals surface area contributed by atoms with Crippen LogP contribution in [0.25, 0.3) is 0 Å². The Morgan fingerprint density at radius 2 is 2.10 bits per heavy atom. The molecule has 0 aliphatic rings. The zero-order valence-corrected chi connectivity index (χ0v) is 12.5. The highest BCUT2D eigenvalue weighted by Gasteiger charge is 2.09. The summed E-state index contributed by atoms with van der Waals surface area (Å²) in [5, 5.41) is 14.4. The molecule has 1 N–H and O–H groups in total. The second-order valence-electron chi connectivity index (χ2n) is 4.69. The molecule has 0 saturated carbocycles. The first-order valence-corrected chi connectivity index (χ1v) is 6.65. The van der Waals surface area contributed by atoms with Crippen molar-refractivity contribution < 1.29 is 4.92 Å². The summed E-state index contributed by atoms with van der Waals surface area (Å²) in [6.07, 6.45) is 1.71. The molecule has 0 saturated heterocycles. The van der Waals surface area contributed by atoms with E-state index in [0.717, 1.165) is 11.5 Å². The number of nitro groups is 1. The van der Waals surface area contributed by atoms with Gasteiger partial charge in [-0.25, -0.2) is 4.98 Å². The van der Waals surface area contributed by atoms with Crippen molar-refractivity contribution in [2.24, 2.45) is 0 Å². The Balaban J connectivity index is 2.09. The van der Waals surface area contributed by atoms with Gasteiger partial charge in [0.2, 0.25) is 0 Å². The van der Waals surface area contributed by atoms with E-state index in [-0.39, 0.29) is 5.69 Å². The van der Waals surface area contributed by atoms with E-state index >= 15 is 0 Å². The molecular formula is C14H15ClN4O2. The summed E-state index contributed by atoms with van der Waals surface area (Å²) in [5.41, 5.74) is 1.52. The van der Waals surface area contributed by atoms with Gasteiger partial charge in [-0.1, -0.05) is 11.6 Å². The number of nitrogens with zero attached hydrogens (tertiary/aromatic N) is 3. The number of anilines is 2. The summed E-state index contributed by atoms with van der Waals surface area (Å²) in [7, 11) is 3.83. The third kappa shape index (κ3) is 3.82. The van der Waals surface area contributed by atoms with Crippen LogP contribution in [0.5, 0.6) is 0 Å². The standard InChI is InChI=1S/C14H15ClN4O2/c1-18(2)14-6-3-11(9-17-14)16-8-10-7-12(19(20)21)4-5-13(10)15/h3-7,9,16H,8H2,1-2H3. The van der Waals surface area contributed by atoms with Crippen molar-refractivity contribution in [3.63, 3.8) is 0 Å². The van der Waals surface area contributed by atoms with Crippen molar-refractivity contribution >= 4 is 28.8 Å². The van der Waals surface area contributed by atoms with E-state index in [1.807, 2.05) is 31.1 Å². The second-order valence-corrected chi connectivity index (χ2v) is 5.09. The molecule has 0 fully saturated rings. The third-order valence-corrected chi connectivity index (χ3v) is 3.30. The van der Waals surface area contributed by atoms with Gasteiger partial charge in [-0.2, -0.15) is 0 Å². The summed E-state index contributed by atoms with van der Waals surface area (Å²) in [4.78, 5) is 16.5. The van der Waals surface area contributed by atoms with Gasteiger partial charge in [-0.15, -0.1) is 0 Å². The van der Waals surface area contributed by atoms with Gasteiger partial charge in [-0.3, -0.25) is 10.1 Å². The topological polar surface area (TPSA) is 71.3 Å². The number of non-ortho nitro benzene ring substituents is 1. The summed E-state index contributed by atoms with van der Waals surface area (Å²) in [5.74, 6) is 0.855. The predicted octanol–water partition coefficient (Wildman–Crippen LogP) is 3.32. The van der Waals surface area contributed by atoms with E-state index in [0.29, 0.717) is 17.1 Å². The Labute approximate surface area is 127 Å². The summed E-state index contributed by atoms with van der Waals surface area (Å²) < 4.78 is 0. The zero-order chi connectivity index (χ0) is 15.4. The first-order chi connectivity index (χ1) is 9.97.